The van der Waals surface area contributed by atoms with Gasteiger partial charge in [0.2, 0.25) is 5.91 Å². The number of fused-ring (bicyclic) bond motifs is 1. The van der Waals surface area contributed by atoms with E-state index >= 15 is 0 Å². The number of amides is 1. The lowest BCUT2D eigenvalue weighted by atomic mass is 10.2. The van der Waals surface area contributed by atoms with E-state index in [1.807, 2.05) is 0 Å². The maximum Gasteiger partial charge on any atom is 0.418 e. The maximum absolute atomic E-state index is 12.9. The number of nitrogens with one attached hydrogen (secondary N) is 2. The minimum absolute atomic E-state index is 0.0286. The molecule has 0 bridgehead atoms. The second kappa shape index (κ2) is 7.77. The van der Waals surface area contributed by atoms with Crippen molar-refractivity contribution in [2.24, 2.45) is 0 Å². The van der Waals surface area contributed by atoms with E-state index in [0.29, 0.717) is 24.7 Å². The van der Waals surface area contributed by atoms with Gasteiger partial charge in [0.05, 0.1) is 17.0 Å². The van der Waals surface area contributed by atoms with Crippen molar-refractivity contribution >= 4 is 23.4 Å². The van der Waals surface area contributed by atoms with Crippen molar-refractivity contribution in [3.63, 3.8) is 0 Å². The van der Waals surface area contributed by atoms with Gasteiger partial charge in [0, 0.05) is 4.90 Å². The first-order valence-electron chi connectivity index (χ1n) is 7.67. The fourth-order valence-electron chi connectivity index (χ4n) is 2.27. The van der Waals surface area contributed by atoms with E-state index in [9.17, 15) is 18.0 Å². The number of hydrogen-bond donors (Lipinski definition) is 2. The van der Waals surface area contributed by atoms with Crippen molar-refractivity contribution < 1.29 is 27.4 Å². The highest BCUT2D eigenvalue weighted by Gasteiger charge is 2.33. The molecule has 2 aromatic rings. The minimum atomic E-state index is -4.51. The van der Waals surface area contributed by atoms with Crippen molar-refractivity contribution in [2.45, 2.75) is 11.1 Å². The predicted octanol–water partition coefficient (Wildman–Crippen LogP) is 3.71. The molecule has 5 nitrogen and oxygen atoms in total. The van der Waals surface area contributed by atoms with Crippen LogP contribution < -0.4 is 20.3 Å². The van der Waals surface area contributed by atoms with Crippen molar-refractivity contribution in [1.82, 2.24) is 5.43 Å². The van der Waals surface area contributed by atoms with E-state index in [1.165, 1.54) is 30.0 Å². The Bertz CT molecular complexity index is 799. The van der Waals surface area contributed by atoms with Crippen LogP contribution in [0.15, 0.2) is 47.4 Å². The molecule has 1 aliphatic rings. The lowest BCUT2D eigenvalue weighted by Gasteiger charge is -2.18. The Morgan fingerprint density at radius 3 is 2.58 bits per heavy atom. The number of thioether (sulfide) groups is 1. The Morgan fingerprint density at radius 2 is 1.81 bits per heavy atom. The van der Waals surface area contributed by atoms with Gasteiger partial charge < -0.3 is 9.47 Å². The van der Waals surface area contributed by atoms with Gasteiger partial charge in [-0.15, -0.1) is 11.8 Å². The Hall–Kier alpha value is -2.55. The number of carbonyl (C=O) groups is 1. The normalized spacial score (nSPS) is 13.2. The topological polar surface area (TPSA) is 59.6 Å². The molecule has 0 fully saturated rings. The summed E-state index contributed by atoms with van der Waals surface area (Å²) < 4.78 is 49.6. The fourth-order valence-corrected chi connectivity index (χ4v) is 3.00. The molecule has 0 aromatic heterocycles. The van der Waals surface area contributed by atoms with Crippen LogP contribution in [0.2, 0.25) is 0 Å². The highest BCUT2D eigenvalue weighted by molar-refractivity contribution is 8.00. The highest BCUT2D eigenvalue weighted by Crippen LogP contribution is 2.35. The molecule has 0 saturated heterocycles. The molecule has 0 spiro atoms. The van der Waals surface area contributed by atoms with Gasteiger partial charge in [-0.1, -0.05) is 12.1 Å². The van der Waals surface area contributed by atoms with Crippen LogP contribution in [0.4, 0.5) is 18.9 Å². The number of hydrazine groups is 1. The van der Waals surface area contributed by atoms with Gasteiger partial charge in [0.25, 0.3) is 0 Å². The molecule has 3 rings (SSSR count). The van der Waals surface area contributed by atoms with E-state index in [1.54, 1.807) is 18.2 Å². The maximum atomic E-state index is 12.9. The smallest absolute Gasteiger partial charge is 0.418 e. The Kier molecular flexibility index (Phi) is 5.46. The first kappa shape index (κ1) is 18.2. The third-order valence-corrected chi connectivity index (χ3v) is 4.45. The second-order valence-corrected chi connectivity index (χ2v) is 6.36. The molecule has 0 atom stereocenters. The van der Waals surface area contributed by atoms with E-state index in [-0.39, 0.29) is 11.4 Å². The zero-order chi connectivity index (χ0) is 18.6. The molecule has 1 amide bonds. The molecule has 1 heterocycles. The highest BCUT2D eigenvalue weighted by atomic mass is 32.2. The summed E-state index contributed by atoms with van der Waals surface area (Å²) in [6.45, 7) is 0.955. The first-order valence-corrected chi connectivity index (χ1v) is 8.65. The van der Waals surface area contributed by atoms with Crippen molar-refractivity contribution in [2.75, 3.05) is 24.4 Å². The number of alkyl halides is 3. The van der Waals surface area contributed by atoms with Crippen LogP contribution in [0, 0.1) is 0 Å². The van der Waals surface area contributed by atoms with E-state index in [2.05, 4.69) is 10.9 Å². The largest absolute Gasteiger partial charge is 0.486 e. The molecule has 2 aromatic carbocycles. The predicted molar refractivity (Wildman–Crippen MR) is 91.4 cm³/mol. The number of rotatable bonds is 5. The fraction of sp³-hybridized carbons (Fsp3) is 0.235. The zero-order valence-corrected chi connectivity index (χ0v) is 14.2. The minimum Gasteiger partial charge on any atom is -0.486 e. The molecular formula is C17H15F3N2O3S. The van der Waals surface area contributed by atoms with Crippen LogP contribution in [0.1, 0.15) is 5.56 Å². The van der Waals surface area contributed by atoms with Crippen LogP contribution in [-0.4, -0.2) is 24.9 Å². The molecule has 0 unspecified atom stereocenters. The summed E-state index contributed by atoms with van der Waals surface area (Å²) in [5.41, 5.74) is 3.55. The third-order valence-electron chi connectivity index (χ3n) is 3.45. The van der Waals surface area contributed by atoms with Crippen molar-refractivity contribution in [3.05, 3.63) is 48.0 Å². The van der Waals surface area contributed by atoms with Gasteiger partial charge >= 0.3 is 6.18 Å². The van der Waals surface area contributed by atoms with Gasteiger partial charge in [0.1, 0.15) is 13.2 Å². The second-order valence-electron chi connectivity index (χ2n) is 5.31. The van der Waals surface area contributed by atoms with Gasteiger partial charge in [-0.05, 0) is 30.3 Å². The van der Waals surface area contributed by atoms with E-state index in [4.69, 9.17) is 9.47 Å². The monoisotopic (exact) mass is 384 g/mol. The summed E-state index contributed by atoms with van der Waals surface area (Å²) in [6.07, 6.45) is -4.51. The Balaban J connectivity index is 1.54. The summed E-state index contributed by atoms with van der Waals surface area (Å²) >= 11 is 1.24. The molecule has 2 N–H and O–H groups in total. The molecule has 9 heteroatoms. The lowest BCUT2D eigenvalue weighted by molar-refractivity contribution is -0.137. The molecule has 1 aliphatic heterocycles. The molecule has 0 radical (unpaired) electrons. The molecular weight excluding hydrogens is 369 g/mol. The molecule has 26 heavy (non-hydrogen) atoms. The lowest BCUT2D eigenvalue weighted by Crippen LogP contribution is -2.31. The Labute approximate surface area is 151 Å². The average Bonchev–Trinajstić information content (AvgIpc) is 2.64. The number of benzene rings is 2. The summed E-state index contributed by atoms with van der Waals surface area (Å²) in [5, 5.41) is 0. The first-order chi connectivity index (χ1) is 12.4. The summed E-state index contributed by atoms with van der Waals surface area (Å²) in [6, 6.07) is 10.2. The number of hydrogen-bond acceptors (Lipinski definition) is 5. The number of para-hydroxylation sites is 1. The van der Waals surface area contributed by atoms with Crippen LogP contribution in [0.25, 0.3) is 0 Å². The van der Waals surface area contributed by atoms with Crippen LogP contribution in [-0.2, 0) is 11.0 Å². The number of anilines is 1. The average molecular weight is 384 g/mol. The van der Waals surface area contributed by atoms with Crippen molar-refractivity contribution in [1.29, 1.82) is 0 Å². The van der Waals surface area contributed by atoms with E-state index < -0.39 is 17.6 Å². The van der Waals surface area contributed by atoms with Gasteiger partial charge in [-0.2, -0.15) is 13.2 Å². The quantitative estimate of drug-likeness (QED) is 0.608. The van der Waals surface area contributed by atoms with Crippen LogP contribution in [0.3, 0.4) is 0 Å². The number of carbonyl (C=O) groups excluding carboxylic acids is 1. The SMILES string of the molecule is O=C(CSc1ccc2c(c1)OCCO2)NNc1ccccc1C(F)(F)F. The van der Waals surface area contributed by atoms with E-state index in [0.717, 1.165) is 11.0 Å². The Morgan fingerprint density at radius 1 is 1.08 bits per heavy atom. The van der Waals surface area contributed by atoms with Crippen LogP contribution >= 0.6 is 11.8 Å². The number of halogens is 3. The van der Waals surface area contributed by atoms with Gasteiger partial charge in [-0.25, -0.2) is 0 Å². The third kappa shape index (κ3) is 4.54. The molecule has 0 saturated carbocycles. The summed E-state index contributed by atoms with van der Waals surface area (Å²) in [4.78, 5) is 12.7. The molecule has 138 valence electrons. The van der Waals surface area contributed by atoms with Crippen molar-refractivity contribution in [3.8, 4) is 11.5 Å². The summed E-state index contributed by atoms with van der Waals surface area (Å²) in [5.74, 6) is 0.831. The van der Waals surface area contributed by atoms with Gasteiger partial charge in [-0.3, -0.25) is 15.6 Å². The van der Waals surface area contributed by atoms with Gasteiger partial charge in [0.15, 0.2) is 11.5 Å². The molecule has 0 aliphatic carbocycles. The zero-order valence-electron chi connectivity index (χ0n) is 13.4. The standard InChI is InChI=1S/C17H15F3N2O3S/c18-17(19,20)12-3-1-2-4-13(12)21-22-16(23)10-26-11-5-6-14-15(9-11)25-8-7-24-14/h1-6,9,21H,7-8,10H2,(H,22,23). The van der Waals surface area contributed by atoms with Crippen LogP contribution in [0.5, 0.6) is 11.5 Å². The summed E-state index contributed by atoms with van der Waals surface area (Å²) in [7, 11) is 0. The number of ether oxygens (including phenoxy) is 2.